The van der Waals surface area contributed by atoms with Crippen LogP contribution in [0.5, 0.6) is 5.75 Å². The average molecular weight is 295 g/mol. The summed E-state index contributed by atoms with van der Waals surface area (Å²) in [6.45, 7) is 0.589. The van der Waals surface area contributed by atoms with Crippen molar-refractivity contribution < 1.29 is 9.53 Å². The van der Waals surface area contributed by atoms with Crippen LogP contribution in [-0.2, 0) is 6.54 Å². The van der Waals surface area contributed by atoms with E-state index in [1.807, 2.05) is 18.2 Å². The molecule has 0 radical (unpaired) electrons. The summed E-state index contributed by atoms with van der Waals surface area (Å²) in [5.74, 6) is 0.797. The zero-order valence-electron chi connectivity index (χ0n) is 9.26. The number of aldehydes is 1. The molecule has 0 bridgehead atoms. The lowest BCUT2D eigenvalue weighted by molar-refractivity contribution is 0.112. The van der Waals surface area contributed by atoms with E-state index in [2.05, 4.69) is 21.0 Å². The lowest BCUT2D eigenvalue weighted by Gasteiger charge is -2.07. The molecule has 0 aliphatic heterocycles. The van der Waals surface area contributed by atoms with Crippen LogP contribution < -0.4 is 4.74 Å². The minimum absolute atomic E-state index is 0.573. The Morgan fingerprint density at radius 1 is 1.53 bits per heavy atom. The third-order valence-corrected chi connectivity index (χ3v) is 3.15. The fraction of sp³-hybridized carbons (Fsp3) is 0.167. The number of benzene rings is 1. The van der Waals surface area contributed by atoms with E-state index in [0.29, 0.717) is 12.1 Å². The molecule has 0 atom stereocenters. The monoisotopic (exact) mass is 294 g/mol. The van der Waals surface area contributed by atoms with Gasteiger partial charge < -0.3 is 4.74 Å². The lowest BCUT2D eigenvalue weighted by Crippen LogP contribution is -2.01. The van der Waals surface area contributed by atoms with E-state index in [1.165, 1.54) is 0 Å². The van der Waals surface area contributed by atoms with Crippen molar-refractivity contribution in [3.05, 3.63) is 46.2 Å². The van der Waals surface area contributed by atoms with Crippen molar-refractivity contribution in [1.82, 2.24) is 9.78 Å². The molecule has 0 unspecified atom stereocenters. The summed E-state index contributed by atoms with van der Waals surface area (Å²) in [7, 11) is 1.63. The number of halogens is 1. The SMILES string of the molecule is COc1ccc(Br)c(Cn2cc(C=O)cn2)c1. The number of hydrogen-bond acceptors (Lipinski definition) is 3. The lowest BCUT2D eigenvalue weighted by atomic mass is 10.2. The van der Waals surface area contributed by atoms with Crippen molar-refractivity contribution in [1.29, 1.82) is 0 Å². The molecule has 0 amide bonds. The van der Waals surface area contributed by atoms with Gasteiger partial charge in [-0.2, -0.15) is 5.10 Å². The summed E-state index contributed by atoms with van der Waals surface area (Å²) in [6, 6.07) is 5.75. The first-order valence-corrected chi connectivity index (χ1v) is 5.82. The Hall–Kier alpha value is -1.62. The molecule has 0 fully saturated rings. The van der Waals surface area contributed by atoms with E-state index in [4.69, 9.17) is 4.74 Å². The Balaban J connectivity index is 2.25. The quantitative estimate of drug-likeness (QED) is 0.814. The normalized spacial score (nSPS) is 10.2. The fourth-order valence-electron chi connectivity index (χ4n) is 1.50. The summed E-state index contributed by atoms with van der Waals surface area (Å²) in [4.78, 5) is 10.6. The predicted molar refractivity (Wildman–Crippen MR) is 67.4 cm³/mol. The molecular weight excluding hydrogens is 284 g/mol. The highest BCUT2D eigenvalue weighted by atomic mass is 79.9. The topological polar surface area (TPSA) is 44.1 Å². The van der Waals surface area contributed by atoms with Gasteiger partial charge >= 0.3 is 0 Å². The zero-order chi connectivity index (χ0) is 12.3. The van der Waals surface area contributed by atoms with Gasteiger partial charge in [0.25, 0.3) is 0 Å². The highest BCUT2D eigenvalue weighted by molar-refractivity contribution is 9.10. The number of carbonyl (C=O) groups excluding carboxylic acids is 1. The minimum atomic E-state index is 0.573. The minimum Gasteiger partial charge on any atom is -0.497 e. The van der Waals surface area contributed by atoms with Gasteiger partial charge in [-0.1, -0.05) is 15.9 Å². The van der Waals surface area contributed by atoms with Gasteiger partial charge in [0.05, 0.1) is 25.4 Å². The van der Waals surface area contributed by atoms with Crippen molar-refractivity contribution in [3.63, 3.8) is 0 Å². The molecule has 0 N–H and O–H groups in total. The van der Waals surface area contributed by atoms with E-state index >= 15 is 0 Å². The molecule has 0 spiro atoms. The van der Waals surface area contributed by atoms with Gasteiger partial charge in [-0.3, -0.25) is 9.48 Å². The first-order chi connectivity index (χ1) is 8.22. The maximum absolute atomic E-state index is 10.6. The number of hydrogen-bond donors (Lipinski definition) is 0. The third-order valence-electron chi connectivity index (χ3n) is 2.37. The molecule has 1 heterocycles. The number of nitrogens with zero attached hydrogens (tertiary/aromatic N) is 2. The molecule has 5 heteroatoms. The molecule has 88 valence electrons. The maximum atomic E-state index is 10.6. The molecular formula is C12H11BrN2O2. The Kier molecular flexibility index (Phi) is 3.58. The van der Waals surface area contributed by atoms with Crippen LogP contribution in [0, 0.1) is 0 Å². The Morgan fingerprint density at radius 3 is 3.00 bits per heavy atom. The molecule has 0 saturated heterocycles. The summed E-state index contributed by atoms with van der Waals surface area (Å²) in [6.07, 6.45) is 4.03. The van der Waals surface area contributed by atoms with E-state index in [1.54, 1.807) is 24.2 Å². The zero-order valence-corrected chi connectivity index (χ0v) is 10.8. The molecule has 2 aromatic rings. The predicted octanol–water partition coefficient (Wildman–Crippen LogP) is 2.52. The Bertz CT molecular complexity index is 537. The molecule has 0 saturated carbocycles. The van der Waals surface area contributed by atoms with Crippen LogP contribution in [0.1, 0.15) is 15.9 Å². The third kappa shape index (κ3) is 2.74. The van der Waals surface area contributed by atoms with Gasteiger partial charge in [0.1, 0.15) is 5.75 Å². The molecule has 2 rings (SSSR count). The van der Waals surface area contributed by atoms with Gasteiger partial charge in [-0.05, 0) is 23.8 Å². The summed E-state index contributed by atoms with van der Waals surface area (Å²) >= 11 is 3.47. The standard InChI is InChI=1S/C12H11BrN2O2/c1-17-11-2-3-12(13)10(4-11)7-15-6-9(8-16)5-14-15/h2-6,8H,7H2,1H3. The molecule has 1 aromatic carbocycles. The number of aromatic nitrogens is 2. The van der Waals surface area contributed by atoms with Crippen LogP contribution >= 0.6 is 15.9 Å². The largest absolute Gasteiger partial charge is 0.497 e. The first-order valence-electron chi connectivity index (χ1n) is 5.03. The number of carbonyl (C=O) groups is 1. The molecule has 17 heavy (non-hydrogen) atoms. The van der Waals surface area contributed by atoms with Crippen LogP contribution in [0.3, 0.4) is 0 Å². The van der Waals surface area contributed by atoms with Crippen molar-refractivity contribution in [3.8, 4) is 5.75 Å². The van der Waals surface area contributed by atoms with Crippen molar-refractivity contribution in [2.75, 3.05) is 7.11 Å². The van der Waals surface area contributed by atoms with Crippen molar-refractivity contribution >= 4 is 22.2 Å². The number of rotatable bonds is 4. The number of ether oxygens (including phenoxy) is 1. The van der Waals surface area contributed by atoms with Gasteiger partial charge in [-0.15, -0.1) is 0 Å². The van der Waals surface area contributed by atoms with Crippen molar-refractivity contribution in [2.45, 2.75) is 6.54 Å². The van der Waals surface area contributed by atoms with Gasteiger partial charge in [-0.25, -0.2) is 0 Å². The summed E-state index contributed by atoms with van der Waals surface area (Å²) < 4.78 is 7.87. The van der Waals surface area contributed by atoms with E-state index in [-0.39, 0.29) is 0 Å². The van der Waals surface area contributed by atoms with E-state index in [9.17, 15) is 4.79 Å². The summed E-state index contributed by atoms with van der Waals surface area (Å²) in [5, 5.41) is 4.10. The molecule has 1 aromatic heterocycles. The van der Waals surface area contributed by atoms with Crippen LogP contribution in [0.4, 0.5) is 0 Å². The van der Waals surface area contributed by atoms with E-state index in [0.717, 1.165) is 22.1 Å². The molecule has 4 nitrogen and oxygen atoms in total. The average Bonchev–Trinajstić information content (AvgIpc) is 2.80. The maximum Gasteiger partial charge on any atom is 0.153 e. The Morgan fingerprint density at radius 2 is 2.35 bits per heavy atom. The Labute approximate surface area is 107 Å². The highest BCUT2D eigenvalue weighted by Gasteiger charge is 2.04. The first kappa shape index (κ1) is 11.9. The smallest absolute Gasteiger partial charge is 0.153 e. The van der Waals surface area contributed by atoms with Crippen LogP contribution in [0.2, 0.25) is 0 Å². The number of methoxy groups -OCH3 is 1. The molecule has 0 aliphatic rings. The van der Waals surface area contributed by atoms with Gasteiger partial charge in [0.2, 0.25) is 0 Å². The van der Waals surface area contributed by atoms with Crippen LogP contribution in [-0.4, -0.2) is 23.2 Å². The van der Waals surface area contributed by atoms with Gasteiger partial charge in [0.15, 0.2) is 6.29 Å². The second-order valence-electron chi connectivity index (χ2n) is 3.55. The van der Waals surface area contributed by atoms with Crippen LogP contribution in [0.15, 0.2) is 35.1 Å². The highest BCUT2D eigenvalue weighted by Crippen LogP contribution is 2.23. The van der Waals surface area contributed by atoms with Crippen LogP contribution in [0.25, 0.3) is 0 Å². The van der Waals surface area contributed by atoms with Gasteiger partial charge in [0, 0.05) is 10.7 Å². The molecule has 0 aliphatic carbocycles. The second kappa shape index (κ2) is 5.14. The fourth-order valence-corrected chi connectivity index (χ4v) is 1.87. The summed E-state index contributed by atoms with van der Waals surface area (Å²) in [5.41, 5.74) is 1.62. The van der Waals surface area contributed by atoms with Crippen molar-refractivity contribution in [2.24, 2.45) is 0 Å². The van der Waals surface area contributed by atoms with E-state index < -0.39 is 0 Å². The second-order valence-corrected chi connectivity index (χ2v) is 4.40.